The summed E-state index contributed by atoms with van der Waals surface area (Å²) in [6.45, 7) is 0.762. The SMILES string of the molecule is Cn1ncc([N+](=O)[O-])c1C(=O)NCCn1cc(Br)cn1. The number of aromatic nitrogens is 4. The van der Waals surface area contributed by atoms with Crippen LogP contribution >= 0.6 is 15.9 Å². The first-order chi connectivity index (χ1) is 9.49. The van der Waals surface area contributed by atoms with Crippen LogP contribution in [0.25, 0.3) is 0 Å². The molecule has 9 nitrogen and oxygen atoms in total. The molecule has 0 spiro atoms. The van der Waals surface area contributed by atoms with Crippen LogP contribution in [0.5, 0.6) is 0 Å². The Kier molecular flexibility index (Phi) is 4.13. The lowest BCUT2D eigenvalue weighted by atomic mass is 10.3. The van der Waals surface area contributed by atoms with E-state index in [4.69, 9.17) is 0 Å². The molecular formula is C10H11BrN6O3. The Morgan fingerprint density at radius 2 is 2.25 bits per heavy atom. The van der Waals surface area contributed by atoms with Crippen molar-refractivity contribution in [1.29, 1.82) is 0 Å². The minimum Gasteiger partial charge on any atom is -0.349 e. The van der Waals surface area contributed by atoms with Gasteiger partial charge in [-0.15, -0.1) is 0 Å². The zero-order chi connectivity index (χ0) is 14.7. The number of hydrogen-bond donors (Lipinski definition) is 1. The van der Waals surface area contributed by atoms with E-state index in [1.807, 2.05) is 0 Å². The number of rotatable bonds is 5. The maximum atomic E-state index is 11.9. The molecule has 0 aromatic carbocycles. The van der Waals surface area contributed by atoms with E-state index >= 15 is 0 Å². The number of aryl methyl sites for hydroxylation is 1. The summed E-state index contributed by atoms with van der Waals surface area (Å²) in [5.74, 6) is -0.539. The van der Waals surface area contributed by atoms with Crippen molar-refractivity contribution in [3.63, 3.8) is 0 Å². The molecule has 2 aromatic rings. The lowest BCUT2D eigenvalue weighted by molar-refractivity contribution is -0.385. The van der Waals surface area contributed by atoms with Crippen LogP contribution in [0.1, 0.15) is 10.5 Å². The van der Waals surface area contributed by atoms with Crippen LogP contribution in [0.4, 0.5) is 5.69 Å². The molecule has 20 heavy (non-hydrogen) atoms. The molecule has 0 atom stereocenters. The van der Waals surface area contributed by atoms with Gasteiger partial charge in [0.2, 0.25) is 5.69 Å². The summed E-state index contributed by atoms with van der Waals surface area (Å²) >= 11 is 3.26. The van der Waals surface area contributed by atoms with Crippen molar-refractivity contribution < 1.29 is 9.72 Å². The van der Waals surface area contributed by atoms with Crippen LogP contribution in [-0.2, 0) is 13.6 Å². The van der Waals surface area contributed by atoms with Crippen LogP contribution in [0.15, 0.2) is 23.1 Å². The van der Waals surface area contributed by atoms with Gasteiger partial charge in [0.1, 0.15) is 6.20 Å². The Morgan fingerprint density at radius 3 is 2.85 bits per heavy atom. The molecule has 2 rings (SSSR count). The second kappa shape index (κ2) is 5.82. The molecule has 1 amide bonds. The Hall–Kier alpha value is -2.23. The normalized spacial score (nSPS) is 10.5. The first kappa shape index (κ1) is 14.2. The first-order valence-electron chi connectivity index (χ1n) is 5.61. The zero-order valence-electron chi connectivity index (χ0n) is 10.5. The number of nitrogens with one attached hydrogen (secondary N) is 1. The maximum absolute atomic E-state index is 11.9. The Balaban J connectivity index is 1.98. The number of halogens is 1. The third-order valence-corrected chi connectivity index (χ3v) is 2.97. The van der Waals surface area contributed by atoms with Crippen molar-refractivity contribution in [2.75, 3.05) is 6.54 Å². The van der Waals surface area contributed by atoms with Crippen molar-refractivity contribution in [2.24, 2.45) is 7.05 Å². The fourth-order valence-electron chi connectivity index (χ4n) is 1.65. The van der Waals surface area contributed by atoms with Gasteiger partial charge in [-0.1, -0.05) is 0 Å². The molecule has 0 fully saturated rings. The van der Waals surface area contributed by atoms with Gasteiger partial charge in [-0.25, -0.2) is 0 Å². The highest BCUT2D eigenvalue weighted by atomic mass is 79.9. The molecular weight excluding hydrogens is 332 g/mol. The molecule has 0 saturated heterocycles. The lowest BCUT2D eigenvalue weighted by Crippen LogP contribution is -2.29. The molecule has 0 unspecified atom stereocenters. The average Bonchev–Trinajstić information content (AvgIpc) is 2.95. The summed E-state index contributed by atoms with van der Waals surface area (Å²) < 4.78 is 3.66. The lowest BCUT2D eigenvalue weighted by Gasteiger charge is -2.05. The van der Waals surface area contributed by atoms with Gasteiger partial charge in [0, 0.05) is 19.8 Å². The predicted octanol–water partition coefficient (Wildman–Crippen LogP) is 0.717. The summed E-state index contributed by atoms with van der Waals surface area (Å²) in [7, 11) is 1.48. The molecule has 2 aromatic heterocycles. The third-order valence-electron chi connectivity index (χ3n) is 2.56. The number of nitrogens with zero attached hydrogens (tertiary/aromatic N) is 5. The predicted molar refractivity (Wildman–Crippen MR) is 72.1 cm³/mol. The molecule has 2 heterocycles. The van der Waals surface area contributed by atoms with Crippen molar-refractivity contribution in [2.45, 2.75) is 6.54 Å². The van der Waals surface area contributed by atoms with Crippen molar-refractivity contribution >= 4 is 27.5 Å². The van der Waals surface area contributed by atoms with E-state index in [-0.39, 0.29) is 11.4 Å². The van der Waals surface area contributed by atoms with E-state index < -0.39 is 10.8 Å². The highest BCUT2D eigenvalue weighted by Crippen LogP contribution is 2.16. The summed E-state index contributed by atoms with van der Waals surface area (Å²) in [5, 5.41) is 21.1. The van der Waals surface area contributed by atoms with E-state index in [0.29, 0.717) is 13.1 Å². The van der Waals surface area contributed by atoms with Crippen LogP contribution in [-0.4, -0.2) is 36.9 Å². The summed E-state index contributed by atoms with van der Waals surface area (Å²) in [6.07, 6.45) is 4.45. The highest BCUT2D eigenvalue weighted by Gasteiger charge is 2.24. The Labute approximate surface area is 121 Å². The Bertz CT molecular complexity index is 649. The average molecular weight is 343 g/mol. The molecule has 0 aliphatic rings. The minimum atomic E-state index is -0.632. The van der Waals surface area contributed by atoms with Crippen molar-refractivity contribution in [3.8, 4) is 0 Å². The number of nitro groups is 1. The van der Waals surface area contributed by atoms with Gasteiger partial charge < -0.3 is 5.32 Å². The van der Waals surface area contributed by atoms with Crippen LogP contribution in [0, 0.1) is 10.1 Å². The quantitative estimate of drug-likeness (QED) is 0.636. The van der Waals surface area contributed by atoms with Gasteiger partial charge >= 0.3 is 5.69 Å². The fraction of sp³-hybridized carbons (Fsp3) is 0.300. The smallest absolute Gasteiger partial charge is 0.320 e. The molecule has 106 valence electrons. The van der Waals surface area contributed by atoms with Gasteiger partial charge in [0.05, 0.1) is 22.1 Å². The second-order valence-electron chi connectivity index (χ2n) is 3.94. The first-order valence-corrected chi connectivity index (χ1v) is 6.41. The minimum absolute atomic E-state index is 0.0726. The van der Waals surface area contributed by atoms with Gasteiger partial charge in [-0.2, -0.15) is 10.2 Å². The second-order valence-corrected chi connectivity index (χ2v) is 4.85. The van der Waals surface area contributed by atoms with E-state index in [2.05, 4.69) is 31.4 Å². The standard InChI is InChI=1S/C10H11BrN6O3/c1-15-9(8(5-13-15)17(19)20)10(18)12-2-3-16-6-7(11)4-14-16/h4-6H,2-3H2,1H3,(H,12,18). The molecule has 0 aliphatic carbocycles. The Morgan fingerprint density at radius 1 is 1.50 bits per heavy atom. The topological polar surface area (TPSA) is 108 Å². The summed E-state index contributed by atoms with van der Waals surface area (Å²) in [5.41, 5.74) is -0.386. The summed E-state index contributed by atoms with van der Waals surface area (Å²) in [6, 6.07) is 0. The molecule has 1 N–H and O–H groups in total. The monoisotopic (exact) mass is 342 g/mol. The summed E-state index contributed by atoms with van der Waals surface area (Å²) in [4.78, 5) is 22.1. The van der Waals surface area contributed by atoms with E-state index in [1.54, 1.807) is 17.1 Å². The number of amides is 1. The van der Waals surface area contributed by atoms with Gasteiger partial charge in [0.25, 0.3) is 5.91 Å². The van der Waals surface area contributed by atoms with E-state index in [0.717, 1.165) is 10.7 Å². The zero-order valence-corrected chi connectivity index (χ0v) is 12.1. The van der Waals surface area contributed by atoms with Crippen molar-refractivity contribution in [1.82, 2.24) is 24.9 Å². The molecule has 0 radical (unpaired) electrons. The third kappa shape index (κ3) is 3.02. The van der Waals surface area contributed by atoms with E-state index in [9.17, 15) is 14.9 Å². The molecule has 0 bridgehead atoms. The van der Waals surface area contributed by atoms with Crippen molar-refractivity contribution in [3.05, 3.63) is 38.9 Å². The largest absolute Gasteiger partial charge is 0.349 e. The number of hydrogen-bond acceptors (Lipinski definition) is 5. The maximum Gasteiger partial charge on any atom is 0.320 e. The van der Waals surface area contributed by atoms with Gasteiger partial charge in [-0.3, -0.25) is 24.3 Å². The molecule has 10 heteroatoms. The number of carbonyl (C=O) groups excluding carboxylic acids is 1. The van der Waals surface area contributed by atoms with Crippen LogP contribution < -0.4 is 5.32 Å². The van der Waals surface area contributed by atoms with E-state index in [1.165, 1.54) is 11.7 Å². The number of carbonyl (C=O) groups is 1. The van der Waals surface area contributed by atoms with Gasteiger partial charge in [0.15, 0.2) is 0 Å². The highest BCUT2D eigenvalue weighted by molar-refractivity contribution is 9.10. The fourth-order valence-corrected chi connectivity index (χ4v) is 1.98. The molecule has 0 aliphatic heterocycles. The van der Waals surface area contributed by atoms with Crippen LogP contribution in [0.3, 0.4) is 0 Å². The van der Waals surface area contributed by atoms with Crippen LogP contribution in [0.2, 0.25) is 0 Å². The molecule has 0 saturated carbocycles. The van der Waals surface area contributed by atoms with Gasteiger partial charge in [-0.05, 0) is 15.9 Å².